The molecule has 3 heterocycles. The Hall–Kier alpha value is -1.86. The molecule has 0 aliphatic carbocycles. The van der Waals surface area contributed by atoms with Crippen LogP contribution in [0.5, 0.6) is 0 Å². The standard InChI is InChI=1S/C11H11ClN6O4.HI/c12-6-3-7(20-5-6)4-18-10(17-21-11(18)19)8-9(14-2-1-13)16-22-15-8;/h3,5H,1-2,4,13H2,(H,14,16);1H. The number of nitrogens with one attached hydrogen (secondary N) is 1. The van der Waals surface area contributed by atoms with Gasteiger partial charge in [0.1, 0.15) is 12.0 Å². The third-order valence-corrected chi connectivity index (χ3v) is 2.96. The van der Waals surface area contributed by atoms with Crippen LogP contribution in [-0.2, 0) is 6.54 Å². The largest absolute Gasteiger partial charge is 0.466 e. The maximum absolute atomic E-state index is 11.8. The van der Waals surface area contributed by atoms with Gasteiger partial charge in [0.15, 0.2) is 5.69 Å². The molecule has 0 fully saturated rings. The summed E-state index contributed by atoms with van der Waals surface area (Å²) in [6, 6.07) is 1.58. The van der Waals surface area contributed by atoms with Crippen LogP contribution in [0.15, 0.2) is 30.7 Å². The minimum atomic E-state index is -0.671. The molecule has 12 heteroatoms. The fourth-order valence-electron chi connectivity index (χ4n) is 1.81. The summed E-state index contributed by atoms with van der Waals surface area (Å²) in [5, 5.41) is 14.5. The molecule has 23 heavy (non-hydrogen) atoms. The molecule has 0 spiro atoms. The Bertz CT molecular complexity index is 824. The van der Waals surface area contributed by atoms with Crippen molar-refractivity contribution in [2.24, 2.45) is 5.73 Å². The van der Waals surface area contributed by atoms with Gasteiger partial charge in [-0.15, -0.1) is 24.0 Å². The number of anilines is 1. The second-order valence-electron chi connectivity index (χ2n) is 4.27. The average Bonchev–Trinajstić information content (AvgIpc) is 3.20. The molecule has 10 nitrogen and oxygen atoms in total. The molecule has 0 amide bonds. The van der Waals surface area contributed by atoms with Crippen molar-refractivity contribution in [3.63, 3.8) is 0 Å². The van der Waals surface area contributed by atoms with Crippen molar-refractivity contribution < 1.29 is 13.6 Å². The summed E-state index contributed by atoms with van der Waals surface area (Å²) in [6.07, 6.45) is 1.36. The zero-order chi connectivity index (χ0) is 15.5. The quantitative estimate of drug-likeness (QED) is 0.525. The first kappa shape index (κ1) is 17.5. The van der Waals surface area contributed by atoms with Gasteiger partial charge in [-0.1, -0.05) is 16.8 Å². The van der Waals surface area contributed by atoms with Gasteiger partial charge in [0, 0.05) is 19.2 Å². The van der Waals surface area contributed by atoms with E-state index in [-0.39, 0.29) is 42.0 Å². The lowest BCUT2D eigenvalue weighted by atomic mass is 10.3. The summed E-state index contributed by atoms with van der Waals surface area (Å²) in [5.74, 6) is 0.253. The lowest BCUT2D eigenvalue weighted by Gasteiger charge is -2.02. The molecule has 3 N–H and O–H groups in total. The summed E-state index contributed by atoms with van der Waals surface area (Å²) in [5.41, 5.74) is 5.65. The number of halogens is 2. The smallest absolute Gasteiger partial charge is 0.442 e. The fourth-order valence-corrected chi connectivity index (χ4v) is 1.98. The highest BCUT2D eigenvalue weighted by atomic mass is 127. The van der Waals surface area contributed by atoms with Crippen LogP contribution >= 0.6 is 35.6 Å². The van der Waals surface area contributed by atoms with Gasteiger partial charge in [-0.25, -0.2) is 14.0 Å². The SMILES string of the molecule is I.NCCNc1nonc1-c1noc(=O)n1Cc1cc(Cl)co1. The first-order valence-electron chi connectivity index (χ1n) is 6.25. The van der Waals surface area contributed by atoms with Crippen molar-refractivity contribution in [3.05, 3.63) is 33.7 Å². The maximum Gasteiger partial charge on any atom is 0.442 e. The molecule has 0 aliphatic heterocycles. The van der Waals surface area contributed by atoms with E-state index in [4.69, 9.17) is 21.8 Å². The van der Waals surface area contributed by atoms with Crippen molar-refractivity contribution in [2.75, 3.05) is 18.4 Å². The molecular weight excluding hydrogens is 443 g/mol. The van der Waals surface area contributed by atoms with Crippen LogP contribution in [0, 0.1) is 0 Å². The van der Waals surface area contributed by atoms with Crippen molar-refractivity contribution in [2.45, 2.75) is 6.54 Å². The topological polar surface area (TPSA) is 138 Å². The Labute approximate surface area is 150 Å². The molecule has 3 aromatic heterocycles. The minimum absolute atomic E-state index is 0. The summed E-state index contributed by atoms with van der Waals surface area (Å²) < 4.78 is 15.8. The lowest BCUT2D eigenvalue weighted by molar-refractivity contribution is 0.309. The molecule has 0 aromatic carbocycles. The Morgan fingerprint density at radius 1 is 1.35 bits per heavy atom. The molecule has 0 saturated carbocycles. The molecule has 0 radical (unpaired) electrons. The van der Waals surface area contributed by atoms with Gasteiger partial charge in [0.2, 0.25) is 11.6 Å². The van der Waals surface area contributed by atoms with Crippen LogP contribution in [0.4, 0.5) is 5.82 Å². The van der Waals surface area contributed by atoms with Crippen LogP contribution in [0.1, 0.15) is 5.76 Å². The molecule has 3 aromatic rings. The first-order chi connectivity index (χ1) is 10.7. The maximum atomic E-state index is 11.8. The molecule has 0 bridgehead atoms. The Kier molecular flexibility index (Phi) is 5.79. The van der Waals surface area contributed by atoms with E-state index in [2.05, 4.69) is 29.9 Å². The number of hydrogen-bond donors (Lipinski definition) is 2. The summed E-state index contributed by atoms with van der Waals surface area (Å²) >= 11 is 5.78. The first-order valence-corrected chi connectivity index (χ1v) is 6.63. The van der Waals surface area contributed by atoms with Gasteiger partial charge in [0.25, 0.3) is 0 Å². The zero-order valence-corrected chi connectivity index (χ0v) is 14.6. The zero-order valence-electron chi connectivity index (χ0n) is 11.6. The van der Waals surface area contributed by atoms with Crippen molar-refractivity contribution in [1.29, 1.82) is 0 Å². The second kappa shape index (κ2) is 7.61. The highest BCUT2D eigenvalue weighted by Gasteiger charge is 2.22. The van der Waals surface area contributed by atoms with Crippen molar-refractivity contribution >= 4 is 41.4 Å². The normalized spacial score (nSPS) is 10.5. The third kappa shape index (κ3) is 3.73. The van der Waals surface area contributed by atoms with E-state index in [1.54, 1.807) is 6.07 Å². The molecule has 0 atom stereocenters. The van der Waals surface area contributed by atoms with Gasteiger partial charge >= 0.3 is 5.76 Å². The predicted molar refractivity (Wildman–Crippen MR) is 89.8 cm³/mol. The van der Waals surface area contributed by atoms with Crippen LogP contribution in [0.25, 0.3) is 11.5 Å². The molecule has 3 rings (SSSR count). The predicted octanol–water partition coefficient (Wildman–Crippen LogP) is 1.17. The Morgan fingerprint density at radius 2 is 2.17 bits per heavy atom. The lowest BCUT2D eigenvalue weighted by Crippen LogP contribution is -2.17. The molecule has 124 valence electrons. The molecular formula is C11H12ClIN6O4. The van der Waals surface area contributed by atoms with Gasteiger partial charge in [-0.05, 0) is 10.3 Å². The van der Waals surface area contributed by atoms with Gasteiger partial charge in [0.05, 0.1) is 11.6 Å². The van der Waals surface area contributed by atoms with Crippen LogP contribution in [0.2, 0.25) is 5.02 Å². The fraction of sp³-hybridized carbons (Fsp3) is 0.273. The third-order valence-electron chi connectivity index (χ3n) is 2.76. The Morgan fingerprint density at radius 3 is 2.87 bits per heavy atom. The molecule has 0 unspecified atom stereocenters. The number of nitrogens with two attached hydrogens (primary N) is 1. The van der Waals surface area contributed by atoms with E-state index < -0.39 is 5.76 Å². The number of furan rings is 1. The van der Waals surface area contributed by atoms with Crippen LogP contribution < -0.4 is 16.8 Å². The minimum Gasteiger partial charge on any atom is -0.466 e. The number of hydrogen-bond acceptors (Lipinski definition) is 9. The van der Waals surface area contributed by atoms with Crippen LogP contribution in [-0.4, -0.2) is 33.1 Å². The highest BCUT2D eigenvalue weighted by Crippen LogP contribution is 2.22. The Balaban J connectivity index is 0.00000192. The van der Waals surface area contributed by atoms with E-state index >= 15 is 0 Å². The van der Waals surface area contributed by atoms with Gasteiger partial charge in [-0.2, -0.15) is 0 Å². The monoisotopic (exact) mass is 454 g/mol. The van der Waals surface area contributed by atoms with Gasteiger partial charge in [-0.3, -0.25) is 4.52 Å². The van der Waals surface area contributed by atoms with Crippen molar-refractivity contribution in [3.8, 4) is 11.5 Å². The van der Waals surface area contributed by atoms with E-state index in [1.807, 2.05) is 0 Å². The number of nitrogens with zero attached hydrogens (tertiary/aromatic N) is 4. The van der Waals surface area contributed by atoms with E-state index in [0.29, 0.717) is 29.7 Å². The van der Waals surface area contributed by atoms with E-state index in [9.17, 15) is 4.79 Å². The summed E-state index contributed by atoms with van der Waals surface area (Å²) in [7, 11) is 0. The summed E-state index contributed by atoms with van der Waals surface area (Å²) in [4.78, 5) is 11.8. The van der Waals surface area contributed by atoms with Crippen LogP contribution in [0.3, 0.4) is 0 Å². The average molecular weight is 455 g/mol. The van der Waals surface area contributed by atoms with Crippen molar-refractivity contribution in [1.82, 2.24) is 20.0 Å². The molecule has 0 aliphatic rings. The summed E-state index contributed by atoms with van der Waals surface area (Å²) in [6.45, 7) is 0.924. The second-order valence-corrected chi connectivity index (χ2v) is 4.70. The van der Waals surface area contributed by atoms with E-state index in [0.717, 1.165) is 0 Å². The number of rotatable bonds is 6. The number of aromatic nitrogens is 4. The van der Waals surface area contributed by atoms with E-state index in [1.165, 1.54) is 10.8 Å². The van der Waals surface area contributed by atoms with Gasteiger partial charge < -0.3 is 15.5 Å². The highest BCUT2D eigenvalue weighted by molar-refractivity contribution is 14.0. The molecule has 0 saturated heterocycles.